The fourth-order valence-electron chi connectivity index (χ4n) is 3.25. The second-order valence-electron chi connectivity index (χ2n) is 6.53. The van der Waals surface area contributed by atoms with Crippen molar-refractivity contribution in [2.45, 2.75) is 32.7 Å². The molecule has 0 bridgehead atoms. The van der Waals surface area contributed by atoms with E-state index < -0.39 is 0 Å². The number of nitrogens with zero attached hydrogens (tertiary/aromatic N) is 2. The molecule has 0 aliphatic carbocycles. The summed E-state index contributed by atoms with van der Waals surface area (Å²) in [5, 5.41) is 6.73. The molecule has 1 aliphatic heterocycles. The molecule has 1 aliphatic rings. The average Bonchev–Trinajstić information content (AvgIpc) is 2.72. The van der Waals surface area contributed by atoms with E-state index in [4.69, 9.17) is 19.2 Å². The molecule has 0 saturated carbocycles. The van der Waals surface area contributed by atoms with Gasteiger partial charge in [0.25, 0.3) is 0 Å². The summed E-state index contributed by atoms with van der Waals surface area (Å²) in [4.78, 5) is 7.22. The van der Waals surface area contributed by atoms with Crippen LogP contribution < -0.4 is 24.8 Å². The molecule has 1 aromatic rings. The fourth-order valence-corrected chi connectivity index (χ4v) is 3.25. The molecule has 1 heterocycles. The van der Waals surface area contributed by atoms with Crippen LogP contribution in [0.2, 0.25) is 0 Å². The van der Waals surface area contributed by atoms with Gasteiger partial charge in [0, 0.05) is 31.8 Å². The van der Waals surface area contributed by atoms with Gasteiger partial charge in [-0.3, -0.25) is 0 Å². The van der Waals surface area contributed by atoms with E-state index in [9.17, 15) is 0 Å². The molecule has 2 rings (SSSR count). The Morgan fingerprint density at radius 1 is 1.00 bits per heavy atom. The first-order valence-electron chi connectivity index (χ1n) is 9.75. The molecule has 2 N–H and O–H groups in total. The number of ether oxygens (including phenoxy) is 3. The van der Waals surface area contributed by atoms with Crippen LogP contribution in [0.3, 0.4) is 0 Å². The largest absolute Gasteiger partial charge is 0.496 e. The summed E-state index contributed by atoms with van der Waals surface area (Å²) in [5.74, 6) is 2.91. The number of guanidine groups is 1. The monoisotopic (exact) mass is 378 g/mol. The van der Waals surface area contributed by atoms with E-state index in [1.165, 1.54) is 32.4 Å². The number of aliphatic imine (C=N–C) groups is 1. The van der Waals surface area contributed by atoms with Crippen LogP contribution in [0, 0.1) is 0 Å². The van der Waals surface area contributed by atoms with Gasteiger partial charge in [0.1, 0.15) is 17.2 Å². The van der Waals surface area contributed by atoms with Gasteiger partial charge in [-0.05, 0) is 32.9 Å². The summed E-state index contributed by atoms with van der Waals surface area (Å²) in [7, 11) is 4.91. The Labute approximate surface area is 163 Å². The molecule has 27 heavy (non-hydrogen) atoms. The topological polar surface area (TPSA) is 67.4 Å². The van der Waals surface area contributed by atoms with E-state index in [1.54, 1.807) is 21.3 Å². The first-order chi connectivity index (χ1) is 13.2. The number of rotatable bonds is 9. The molecular formula is C20H34N4O3. The summed E-state index contributed by atoms with van der Waals surface area (Å²) in [5.41, 5.74) is 0.897. The number of hydrogen-bond acceptors (Lipinski definition) is 5. The first kappa shape index (κ1) is 21.2. The molecule has 1 aromatic carbocycles. The first-order valence-corrected chi connectivity index (χ1v) is 9.75. The van der Waals surface area contributed by atoms with Crippen LogP contribution in [0.15, 0.2) is 17.1 Å². The third-order valence-electron chi connectivity index (χ3n) is 4.73. The maximum Gasteiger partial charge on any atom is 0.191 e. The van der Waals surface area contributed by atoms with E-state index in [2.05, 4.69) is 22.5 Å². The maximum absolute atomic E-state index is 5.51. The van der Waals surface area contributed by atoms with Crippen molar-refractivity contribution < 1.29 is 14.2 Å². The van der Waals surface area contributed by atoms with Crippen LogP contribution in [0.4, 0.5) is 0 Å². The van der Waals surface area contributed by atoms with Crippen LogP contribution in [-0.4, -0.2) is 64.9 Å². The Balaban J connectivity index is 2.02. The minimum Gasteiger partial charge on any atom is -0.496 e. The van der Waals surface area contributed by atoms with Gasteiger partial charge in [0.2, 0.25) is 0 Å². The summed E-state index contributed by atoms with van der Waals surface area (Å²) in [6, 6.07) is 3.70. The van der Waals surface area contributed by atoms with Gasteiger partial charge in [-0.15, -0.1) is 0 Å². The molecule has 0 aromatic heterocycles. The molecule has 7 nitrogen and oxygen atoms in total. The van der Waals surface area contributed by atoms with E-state index in [-0.39, 0.29) is 0 Å². The number of piperidine rings is 1. The van der Waals surface area contributed by atoms with Crippen molar-refractivity contribution >= 4 is 5.96 Å². The smallest absolute Gasteiger partial charge is 0.191 e. The Bertz CT molecular complexity index is 576. The molecule has 0 spiro atoms. The van der Waals surface area contributed by atoms with Crippen molar-refractivity contribution in [3.8, 4) is 17.2 Å². The molecule has 1 fully saturated rings. The maximum atomic E-state index is 5.51. The number of hydrogen-bond donors (Lipinski definition) is 2. The minimum atomic E-state index is 0.454. The number of benzene rings is 1. The Morgan fingerprint density at radius 2 is 1.67 bits per heavy atom. The molecular weight excluding hydrogens is 344 g/mol. The predicted octanol–water partition coefficient (Wildman–Crippen LogP) is 2.25. The van der Waals surface area contributed by atoms with Gasteiger partial charge < -0.3 is 29.7 Å². The number of likely N-dealkylation sites (tertiary alicyclic amines) is 1. The molecule has 1 saturated heterocycles. The van der Waals surface area contributed by atoms with E-state index in [0.717, 1.165) is 31.2 Å². The van der Waals surface area contributed by atoms with E-state index >= 15 is 0 Å². The Kier molecular flexibility index (Phi) is 9.04. The lowest BCUT2D eigenvalue weighted by molar-refractivity contribution is 0.232. The molecule has 0 radical (unpaired) electrons. The summed E-state index contributed by atoms with van der Waals surface area (Å²) >= 11 is 0. The van der Waals surface area contributed by atoms with Crippen LogP contribution in [0.1, 0.15) is 31.7 Å². The van der Waals surface area contributed by atoms with Crippen molar-refractivity contribution in [2.24, 2.45) is 4.99 Å². The molecule has 0 amide bonds. The number of methoxy groups -OCH3 is 3. The summed E-state index contributed by atoms with van der Waals surface area (Å²) < 4.78 is 16.3. The van der Waals surface area contributed by atoms with Crippen LogP contribution in [0.25, 0.3) is 0 Å². The SMILES string of the molecule is CCNC(=NCc1c(OC)cc(OC)cc1OC)NCCN1CCCCC1. The van der Waals surface area contributed by atoms with Gasteiger partial charge in [-0.25, -0.2) is 4.99 Å². The van der Waals surface area contributed by atoms with Crippen LogP contribution >= 0.6 is 0 Å². The normalized spacial score (nSPS) is 15.3. The Hall–Kier alpha value is -2.15. The molecule has 7 heteroatoms. The zero-order chi connectivity index (χ0) is 19.5. The summed E-state index contributed by atoms with van der Waals surface area (Å²) in [6.07, 6.45) is 3.98. The van der Waals surface area contributed by atoms with Crippen molar-refractivity contribution in [1.82, 2.24) is 15.5 Å². The van der Waals surface area contributed by atoms with E-state index in [0.29, 0.717) is 23.8 Å². The van der Waals surface area contributed by atoms with E-state index in [1.807, 2.05) is 12.1 Å². The predicted molar refractivity (Wildman–Crippen MR) is 109 cm³/mol. The van der Waals surface area contributed by atoms with Crippen molar-refractivity contribution in [3.05, 3.63) is 17.7 Å². The quantitative estimate of drug-likeness (QED) is 0.508. The standard InChI is InChI=1S/C20H34N4O3/c1-5-21-20(22-9-12-24-10-7-6-8-11-24)23-15-17-18(26-3)13-16(25-2)14-19(17)27-4/h13-14H,5-12,15H2,1-4H3,(H2,21,22,23). The third kappa shape index (κ3) is 6.50. The third-order valence-corrected chi connectivity index (χ3v) is 4.73. The molecule has 0 atom stereocenters. The lowest BCUT2D eigenvalue weighted by Crippen LogP contribution is -2.42. The lowest BCUT2D eigenvalue weighted by Gasteiger charge is -2.26. The van der Waals surface area contributed by atoms with Crippen LogP contribution in [0.5, 0.6) is 17.2 Å². The van der Waals surface area contributed by atoms with Crippen molar-refractivity contribution in [3.63, 3.8) is 0 Å². The highest BCUT2D eigenvalue weighted by Gasteiger charge is 2.14. The zero-order valence-corrected chi connectivity index (χ0v) is 17.1. The number of nitrogens with one attached hydrogen (secondary N) is 2. The zero-order valence-electron chi connectivity index (χ0n) is 17.1. The lowest BCUT2D eigenvalue weighted by atomic mass is 10.1. The second kappa shape index (κ2) is 11.5. The Morgan fingerprint density at radius 3 is 2.22 bits per heavy atom. The summed E-state index contributed by atoms with van der Waals surface area (Å²) in [6.45, 7) is 7.66. The van der Waals surface area contributed by atoms with Gasteiger partial charge in [-0.2, -0.15) is 0 Å². The van der Waals surface area contributed by atoms with Gasteiger partial charge in [0.15, 0.2) is 5.96 Å². The van der Waals surface area contributed by atoms with Gasteiger partial charge in [0.05, 0.1) is 33.4 Å². The van der Waals surface area contributed by atoms with Crippen molar-refractivity contribution in [2.75, 3.05) is 54.1 Å². The van der Waals surface area contributed by atoms with Gasteiger partial charge >= 0.3 is 0 Å². The average molecular weight is 379 g/mol. The molecule has 0 unspecified atom stereocenters. The highest BCUT2D eigenvalue weighted by molar-refractivity contribution is 5.79. The van der Waals surface area contributed by atoms with Gasteiger partial charge in [-0.1, -0.05) is 6.42 Å². The van der Waals surface area contributed by atoms with Crippen LogP contribution in [-0.2, 0) is 6.54 Å². The fraction of sp³-hybridized carbons (Fsp3) is 0.650. The minimum absolute atomic E-state index is 0.454. The highest BCUT2D eigenvalue weighted by Crippen LogP contribution is 2.34. The van der Waals surface area contributed by atoms with Crippen molar-refractivity contribution in [1.29, 1.82) is 0 Å². The second-order valence-corrected chi connectivity index (χ2v) is 6.53. The highest BCUT2D eigenvalue weighted by atomic mass is 16.5. The molecule has 152 valence electrons.